The molecule has 1 fully saturated rings. The van der Waals surface area contributed by atoms with E-state index >= 15 is 0 Å². The van der Waals surface area contributed by atoms with E-state index in [0.29, 0.717) is 12.5 Å². The number of nitrogens with zero attached hydrogens (tertiary/aromatic N) is 1. The normalized spacial score (nSPS) is 16.8. The van der Waals surface area contributed by atoms with Crippen LogP contribution in [0.25, 0.3) is 0 Å². The number of nitrogens with one attached hydrogen (secondary N) is 1. The molecule has 1 aromatic rings. The number of nitrogens with two attached hydrogens (primary N) is 1. The first kappa shape index (κ1) is 12.2. The van der Waals surface area contributed by atoms with Gasteiger partial charge in [0.1, 0.15) is 6.54 Å². The summed E-state index contributed by atoms with van der Waals surface area (Å²) in [5, 5.41) is 2.86. The molecule has 1 aliphatic carbocycles. The Hall–Kier alpha value is -1.29. The van der Waals surface area contributed by atoms with E-state index in [1.54, 1.807) is 0 Å². The Morgan fingerprint density at radius 3 is 3.06 bits per heavy atom. The van der Waals surface area contributed by atoms with Crippen LogP contribution in [0.2, 0.25) is 0 Å². The van der Waals surface area contributed by atoms with Gasteiger partial charge >= 0.3 is 0 Å². The van der Waals surface area contributed by atoms with Crippen LogP contribution in [0.1, 0.15) is 37.8 Å². The Kier molecular flexibility index (Phi) is 3.84. The van der Waals surface area contributed by atoms with Crippen LogP contribution in [0.5, 0.6) is 0 Å². The zero-order valence-electron chi connectivity index (χ0n) is 10.4. The second-order valence-corrected chi connectivity index (χ2v) is 4.83. The van der Waals surface area contributed by atoms with E-state index in [0.717, 1.165) is 18.5 Å². The minimum atomic E-state index is 0.0639. The van der Waals surface area contributed by atoms with Gasteiger partial charge in [-0.15, -0.1) is 0 Å². The second kappa shape index (κ2) is 5.36. The number of carbonyl (C=O) groups is 1. The molecule has 3 N–H and O–H groups in total. The molecule has 0 radical (unpaired) electrons. The van der Waals surface area contributed by atoms with Gasteiger partial charge in [-0.05, 0) is 36.8 Å². The Morgan fingerprint density at radius 2 is 2.41 bits per heavy atom. The van der Waals surface area contributed by atoms with Gasteiger partial charge in [-0.25, -0.2) is 0 Å². The lowest BCUT2D eigenvalue weighted by atomic mass is 10.1. The predicted octanol–water partition coefficient (Wildman–Crippen LogP) is 1.42. The fraction of sp³-hybridized carbons (Fsp3) is 0.615. The minimum Gasteiger partial charge on any atom is -0.355 e. The van der Waals surface area contributed by atoms with E-state index in [-0.39, 0.29) is 11.9 Å². The lowest BCUT2D eigenvalue weighted by Gasteiger charge is -2.07. The first-order valence-electron chi connectivity index (χ1n) is 6.38. The molecule has 0 saturated heterocycles. The topological polar surface area (TPSA) is 60.0 Å². The van der Waals surface area contributed by atoms with Gasteiger partial charge in [-0.1, -0.05) is 6.92 Å². The molecule has 0 bridgehead atoms. The smallest absolute Gasteiger partial charge is 0.239 e. The monoisotopic (exact) mass is 235 g/mol. The van der Waals surface area contributed by atoms with Crippen LogP contribution in [0.15, 0.2) is 18.5 Å². The molecular weight excluding hydrogens is 214 g/mol. The third kappa shape index (κ3) is 3.33. The highest BCUT2D eigenvalue weighted by Crippen LogP contribution is 2.39. The molecule has 1 saturated carbocycles. The zero-order valence-corrected chi connectivity index (χ0v) is 10.4. The summed E-state index contributed by atoms with van der Waals surface area (Å²) in [7, 11) is 0. The fourth-order valence-corrected chi connectivity index (χ4v) is 1.97. The Bertz CT molecular complexity index is 382. The molecule has 1 aliphatic rings. The van der Waals surface area contributed by atoms with Gasteiger partial charge < -0.3 is 15.6 Å². The molecule has 4 heteroatoms. The van der Waals surface area contributed by atoms with E-state index < -0.39 is 0 Å². The average molecular weight is 235 g/mol. The molecule has 17 heavy (non-hydrogen) atoms. The summed E-state index contributed by atoms with van der Waals surface area (Å²) in [5.74, 6) is 0.716. The van der Waals surface area contributed by atoms with Crippen LogP contribution in [0.4, 0.5) is 0 Å². The molecule has 1 unspecified atom stereocenters. The molecule has 1 atom stereocenters. The maximum absolute atomic E-state index is 11.5. The van der Waals surface area contributed by atoms with Crippen LogP contribution in [-0.4, -0.2) is 17.0 Å². The van der Waals surface area contributed by atoms with Crippen molar-refractivity contribution in [2.24, 2.45) is 11.7 Å². The van der Waals surface area contributed by atoms with Crippen LogP contribution in [0.3, 0.4) is 0 Å². The highest BCUT2D eigenvalue weighted by Gasteiger charge is 2.29. The van der Waals surface area contributed by atoms with E-state index in [1.165, 1.54) is 12.8 Å². The number of hydrogen-bond donors (Lipinski definition) is 2. The predicted molar refractivity (Wildman–Crippen MR) is 67.4 cm³/mol. The van der Waals surface area contributed by atoms with E-state index in [1.807, 2.05) is 30.0 Å². The summed E-state index contributed by atoms with van der Waals surface area (Å²) in [5.41, 5.74) is 7.26. The number of carbonyl (C=O) groups excluding carboxylic acids is 1. The molecule has 1 amide bonds. The molecule has 4 nitrogen and oxygen atoms in total. The van der Waals surface area contributed by atoms with Gasteiger partial charge in [0.15, 0.2) is 0 Å². The van der Waals surface area contributed by atoms with Gasteiger partial charge in [0.25, 0.3) is 0 Å². The van der Waals surface area contributed by atoms with Gasteiger partial charge in [-0.3, -0.25) is 4.79 Å². The van der Waals surface area contributed by atoms with Gasteiger partial charge in [0.2, 0.25) is 5.91 Å². The average Bonchev–Trinajstić information content (AvgIpc) is 3.06. The summed E-state index contributed by atoms with van der Waals surface area (Å²) >= 11 is 0. The zero-order chi connectivity index (χ0) is 12.3. The summed E-state index contributed by atoms with van der Waals surface area (Å²) in [4.78, 5) is 11.5. The first-order chi connectivity index (χ1) is 8.20. The third-order valence-electron chi connectivity index (χ3n) is 3.19. The quantitative estimate of drug-likeness (QED) is 0.783. The third-order valence-corrected chi connectivity index (χ3v) is 3.19. The van der Waals surface area contributed by atoms with Crippen molar-refractivity contribution in [2.75, 3.05) is 6.54 Å². The van der Waals surface area contributed by atoms with Crippen molar-refractivity contribution in [3.05, 3.63) is 24.0 Å². The molecule has 1 heterocycles. The van der Waals surface area contributed by atoms with Gasteiger partial charge in [0.05, 0.1) is 0 Å². The molecule has 0 aromatic carbocycles. The SMILES string of the molecule is CCCNC(=O)Cn1ccc(C(N)C2CC2)c1. The van der Waals surface area contributed by atoms with Crippen molar-refractivity contribution >= 4 is 5.91 Å². The van der Waals surface area contributed by atoms with Crippen molar-refractivity contribution in [1.82, 2.24) is 9.88 Å². The van der Waals surface area contributed by atoms with Crippen LogP contribution in [-0.2, 0) is 11.3 Å². The summed E-state index contributed by atoms with van der Waals surface area (Å²) < 4.78 is 1.91. The molecule has 1 aromatic heterocycles. The highest BCUT2D eigenvalue weighted by molar-refractivity contribution is 5.75. The van der Waals surface area contributed by atoms with Crippen molar-refractivity contribution in [3.8, 4) is 0 Å². The van der Waals surface area contributed by atoms with Gasteiger partial charge in [0, 0.05) is 25.0 Å². The van der Waals surface area contributed by atoms with Crippen LogP contribution in [0, 0.1) is 5.92 Å². The lowest BCUT2D eigenvalue weighted by Crippen LogP contribution is -2.27. The number of hydrogen-bond acceptors (Lipinski definition) is 2. The largest absolute Gasteiger partial charge is 0.355 e. The molecule has 0 spiro atoms. The van der Waals surface area contributed by atoms with Gasteiger partial charge in [-0.2, -0.15) is 0 Å². The maximum atomic E-state index is 11.5. The standard InChI is InChI=1S/C13H21N3O/c1-2-6-15-12(17)9-16-7-5-11(8-16)13(14)10-3-4-10/h5,7-8,10,13H,2-4,6,9,14H2,1H3,(H,15,17). The second-order valence-electron chi connectivity index (χ2n) is 4.83. The highest BCUT2D eigenvalue weighted by atomic mass is 16.1. The maximum Gasteiger partial charge on any atom is 0.239 e. The summed E-state index contributed by atoms with van der Waals surface area (Å²) in [6.07, 6.45) is 7.37. The van der Waals surface area contributed by atoms with Crippen molar-refractivity contribution < 1.29 is 4.79 Å². The molecule has 94 valence electrons. The lowest BCUT2D eigenvalue weighted by molar-refractivity contribution is -0.121. The number of rotatable bonds is 6. The molecular formula is C13H21N3O. The number of aromatic nitrogens is 1. The minimum absolute atomic E-state index is 0.0639. The van der Waals surface area contributed by atoms with Crippen LogP contribution < -0.4 is 11.1 Å². The fourth-order valence-electron chi connectivity index (χ4n) is 1.97. The van der Waals surface area contributed by atoms with Crippen molar-refractivity contribution in [3.63, 3.8) is 0 Å². The summed E-state index contributed by atoms with van der Waals surface area (Å²) in [6, 6.07) is 2.17. The van der Waals surface area contributed by atoms with Crippen molar-refractivity contribution in [1.29, 1.82) is 0 Å². The van der Waals surface area contributed by atoms with E-state index in [9.17, 15) is 4.79 Å². The van der Waals surface area contributed by atoms with Crippen molar-refractivity contribution in [2.45, 2.75) is 38.8 Å². The molecule has 0 aliphatic heterocycles. The first-order valence-corrected chi connectivity index (χ1v) is 6.38. The van der Waals surface area contributed by atoms with Crippen LogP contribution >= 0.6 is 0 Å². The summed E-state index contributed by atoms with van der Waals surface area (Å²) in [6.45, 7) is 3.18. The molecule has 2 rings (SSSR count). The Labute approximate surface area is 102 Å². The van der Waals surface area contributed by atoms with E-state index in [4.69, 9.17) is 5.73 Å². The Balaban J connectivity index is 1.87. The van der Waals surface area contributed by atoms with E-state index in [2.05, 4.69) is 5.32 Å². The number of amides is 1. The Morgan fingerprint density at radius 1 is 1.65 bits per heavy atom.